The molecule has 0 heterocycles. The Labute approximate surface area is 129 Å². The molecule has 0 amide bonds. The highest BCUT2D eigenvalue weighted by atomic mass is 19.1. The molecule has 0 fully saturated rings. The zero-order chi connectivity index (χ0) is 15.7. The summed E-state index contributed by atoms with van der Waals surface area (Å²) < 4.78 is 13.8. The number of benzene rings is 1. The predicted octanol–water partition coefficient (Wildman–Crippen LogP) is 4.06. The molecule has 0 radical (unpaired) electrons. The highest BCUT2D eigenvalue weighted by molar-refractivity contribution is 5.17. The zero-order valence-corrected chi connectivity index (χ0v) is 14.1. The number of rotatable bonds is 10. The van der Waals surface area contributed by atoms with Crippen LogP contribution < -0.4 is 5.32 Å². The van der Waals surface area contributed by atoms with Gasteiger partial charge in [0.2, 0.25) is 0 Å². The average Bonchev–Trinajstić information content (AvgIpc) is 2.49. The Morgan fingerprint density at radius 2 is 1.81 bits per heavy atom. The Bertz CT molecular complexity index is 402. The summed E-state index contributed by atoms with van der Waals surface area (Å²) in [5, 5.41) is 3.56. The summed E-state index contributed by atoms with van der Waals surface area (Å²) in [6.45, 7) is 10.5. The molecule has 0 aromatic heterocycles. The molecule has 0 aliphatic rings. The Morgan fingerprint density at radius 1 is 1.14 bits per heavy atom. The molecule has 0 saturated heterocycles. The summed E-state index contributed by atoms with van der Waals surface area (Å²) in [7, 11) is 2.09. The van der Waals surface area contributed by atoms with E-state index < -0.39 is 0 Å². The van der Waals surface area contributed by atoms with Crippen LogP contribution >= 0.6 is 0 Å². The van der Waals surface area contributed by atoms with Gasteiger partial charge < -0.3 is 10.2 Å². The van der Waals surface area contributed by atoms with Gasteiger partial charge in [-0.25, -0.2) is 4.39 Å². The van der Waals surface area contributed by atoms with Gasteiger partial charge in [-0.15, -0.1) is 0 Å². The van der Waals surface area contributed by atoms with Crippen molar-refractivity contribution >= 4 is 0 Å². The van der Waals surface area contributed by atoms with Crippen molar-refractivity contribution in [3.8, 4) is 0 Å². The molecule has 1 aromatic carbocycles. The third-order valence-electron chi connectivity index (χ3n) is 4.43. The van der Waals surface area contributed by atoms with Gasteiger partial charge in [0.05, 0.1) is 0 Å². The second-order valence-electron chi connectivity index (χ2n) is 6.15. The van der Waals surface area contributed by atoms with Gasteiger partial charge in [0.25, 0.3) is 0 Å². The molecule has 0 aliphatic carbocycles. The summed E-state index contributed by atoms with van der Waals surface area (Å²) in [5.74, 6) is -0.105. The second kappa shape index (κ2) is 9.16. The standard InChI is InChI=1S/C18H31FN2/c1-5-12-20-14-18(6-2,7-3)15-21(4)13-16-10-8-9-11-17(16)19/h8-11,20H,5-7,12-15H2,1-4H3. The first-order valence-electron chi connectivity index (χ1n) is 8.19. The minimum Gasteiger partial charge on any atom is -0.316 e. The van der Waals surface area contributed by atoms with Crippen molar-refractivity contribution in [3.63, 3.8) is 0 Å². The van der Waals surface area contributed by atoms with Crippen molar-refractivity contribution in [3.05, 3.63) is 35.6 Å². The number of halogens is 1. The summed E-state index contributed by atoms with van der Waals surface area (Å²) >= 11 is 0. The van der Waals surface area contributed by atoms with Crippen LogP contribution in [-0.4, -0.2) is 31.6 Å². The van der Waals surface area contributed by atoms with E-state index in [1.165, 1.54) is 0 Å². The molecule has 0 saturated carbocycles. The smallest absolute Gasteiger partial charge is 0.127 e. The third kappa shape index (κ3) is 5.76. The van der Waals surface area contributed by atoms with Crippen molar-refractivity contribution in [2.45, 2.75) is 46.6 Å². The zero-order valence-electron chi connectivity index (χ0n) is 14.1. The van der Waals surface area contributed by atoms with Gasteiger partial charge in [-0.2, -0.15) is 0 Å². The van der Waals surface area contributed by atoms with E-state index in [4.69, 9.17) is 0 Å². The maximum Gasteiger partial charge on any atom is 0.127 e. The molecule has 1 N–H and O–H groups in total. The quantitative estimate of drug-likeness (QED) is 0.655. The topological polar surface area (TPSA) is 15.3 Å². The molecule has 0 bridgehead atoms. The van der Waals surface area contributed by atoms with Crippen LogP contribution in [0.2, 0.25) is 0 Å². The first-order chi connectivity index (χ1) is 10.1. The first-order valence-corrected chi connectivity index (χ1v) is 8.19. The monoisotopic (exact) mass is 294 g/mol. The Morgan fingerprint density at radius 3 is 2.38 bits per heavy atom. The van der Waals surface area contributed by atoms with E-state index in [0.29, 0.717) is 6.54 Å². The average molecular weight is 294 g/mol. The Hall–Kier alpha value is -0.930. The van der Waals surface area contributed by atoms with Crippen molar-refractivity contribution in [2.75, 3.05) is 26.7 Å². The molecular weight excluding hydrogens is 263 g/mol. The fourth-order valence-electron chi connectivity index (χ4n) is 2.86. The first kappa shape index (κ1) is 18.1. The number of nitrogens with zero attached hydrogens (tertiary/aromatic N) is 1. The van der Waals surface area contributed by atoms with E-state index in [1.807, 2.05) is 12.1 Å². The van der Waals surface area contributed by atoms with Crippen molar-refractivity contribution in [2.24, 2.45) is 5.41 Å². The van der Waals surface area contributed by atoms with E-state index in [-0.39, 0.29) is 11.2 Å². The van der Waals surface area contributed by atoms with Crippen LogP contribution in [0.4, 0.5) is 4.39 Å². The van der Waals surface area contributed by atoms with E-state index in [1.54, 1.807) is 12.1 Å². The molecule has 0 aliphatic heterocycles. The number of hydrogen-bond acceptors (Lipinski definition) is 2. The molecule has 1 aromatic rings. The van der Waals surface area contributed by atoms with Crippen LogP contribution in [0.5, 0.6) is 0 Å². The van der Waals surface area contributed by atoms with Crippen LogP contribution in [0.3, 0.4) is 0 Å². The highest BCUT2D eigenvalue weighted by Crippen LogP contribution is 2.27. The van der Waals surface area contributed by atoms with Crippen molar-refractivity contribution < 1.29 is 4.39 Å². The molecule has 1 rings (SSSR count). The summed E-state index contributed by atoms with van der Waals surface area (Å²) in [6.07, 6.45) is 3.44. The maximum absolute atomic E-state index is 13.8. The lowest BCUT2D eigenvalue weighted by Crippen LogP contribution is -2.42. The fourth-order valence-corrected chi connectivity index (χ4v) is 2.86. The van der Waals surface area contributed by atoms with Gasteiger partial charge in [-0.05, 0) is 44.3 Å². The molecular formula is C18H31FN2. The van der Waals surface area contributed by atoms with Crippen molar-refractivity contribution in [1.82, 2.24) is 10.2 Å². The van der Waals surface area contributed by atoms with Gasteiger partial charge in [-0.1, -0.05) is 39.0 Å². The van der Waals surface area contributed by atoms with E-state index in [9.17, 15) is 4.39 Å². The van der Waals surface area contributed by atoms with E-state index in [0.717, 1.165) is 44.5 Å². The summed E-state index contributed by atoms with van der Waals surface area (Å²) in [4.78, 5) is 2.25. The molecule has 120 valence electrons. The molecule has 0 spiro atoms. The molecule has 2 nitrogen and oxygen atoms in total. The molecule has 3 heteroatoms. The lowest BCUT2D eigenvalue weighted by atomic mass is 9.81. The number of hydrogen-bond donors (Lipinski definition) is 1. The number of nitrogens with one attached hydrogen (secondary N) is 1. The highest BCUT2D eigenvalue weighted by Gasteiger charge is 2.27. The van der Waals surface area contributed by atoms with Crippen LogP contribution in [0, 0.1) is 11.2 Å². The van der Waals surface area contributed by atoms with Gasteiger partial charge >= 0.3 is 0 Å². The SMILES string of the molecule is CCCNCC(CC)(CC)CN(C)Cc1ccccc1F. The largest absolute Gasteiger partial charge is 0.316 e. The fraction of sp³-hybridized carbons (Fsp3) is 0.667. The molecule has 21 heavy (non-hydrogen) atoms. The van der Waals surface area contributed by atoms with Crippen LogP contribution in [0.1, 0.15) is 45.6 Å². The van der Waals surface area contributed by atoms with E-state index in [2.05, 4.69) is 38.0 Å². The van der Waals surface area contributed by atoms with Gasteiger partial charge in [0.1, 0.15) is 5.82 Å². The summed E-state index contributed by atoms with van der Waals surface area (Å²) in [6, 6.07) is 7.07. The Balaban J connectivity index is 2.63. The van der Waals surface area contributed by atoms with E-state index >= 15 is 0 Å². The lowest BCUT2D eigenvalue weighted by Gasteiger charge is -2.36. The molecule has 0 unspecified atom stereocenters. The van der Waals surface area contributed by atoms with Gasteiger partial charge in [0, 0.05) is 25.2 Å². The van der Waals surface area contributed by atoms with Crippen LogP contribution in [0.25, 0.3) is 0 Å². The minimum absolute atomic E-state index is 0.105. The van der Waals surface area contributed by atoms with Crippen LogP contribution in [0.15, 0.2) is 24.3 Å². The van der Waals surface area contributed by atoms with Crippen LogP contribution in [-0.2, 0) is 6.54 Å². The normalized spacial score (nSPS) is 12.1. The second-order valence-corrected chi connectivity index (χ2v) is 6.15. The third-order valence-corrected chi connectivity index (χ3v) is 4.43. The minimum atomic E-state index is -0.105. The molecule has 0 atom stereocenters. The van der Waals surface area contributed by atoms with Gasteiger partial charge in [0.15, 0.2) is 0 Å². The van der Waals surface area contributed by atoms with Gasteiger partial charge in [-0.3, -0.25) is 0 Å². The maximum atomic E-state index is 13.8. The Kier molecular flexibility index (Phi) is 7.91. The van der Waals surface area contributed by atoms with Crippen molar-refractivity contribution in [1.29, 1.82) is 0 Å². The lowest BCUT2D eigenvalue weighted by molar-refractivity contribution is 0.150. The summed E-state index contributed by atoms with van der Waals surface area (Å²) in [5.41, 5.74) is 1.05. The predicted molar refractivity (Wildman–Crippen MR) is 88.9 cm³/mol.